The second-order valence-electron chi connectivity index (χ2n) is 7.68. The first-order valence-corrected chi connectivity index (χ1v) is 13.1. The van der Waals surface area contributed by atoms with Crippen LogP contribution in [-0.2, 0) is 0 Å². The molecule has 0 saturated carbocycles. The highest BCUT2D eigenvalue weighted by atomic mass is 28.3. The summed E-state index contributed by atoms with van der Waals surface area (Å²) in [6, 6.07) is 19.7. The maximum atomic E-state index is 4.30. The van der Waals surface area contributed by atoms with E-state index in [9.17, 15) is 0 Å². The van der Waals surface area contributed by atoms with Crippen molar-refractivity contribution in [2.45, 2.75) is 52.6 Å². The predicted octanol–water partition coefficient (Wildman–Crippen LogP) is 6.06. The topological polar surface area (TPSA) is 3.24 Å². The average molecular weight is 366 g/mol. The van der Waals surface area contributed by atoms with Gasteiger partial charge in [0, 0.05) is 0 Å². The zero-order valence-corrected chi connectivity index (χ0v) is 18.1. The van der Waals surface area contributed by atoms with Crippen molar-refractivity contribution in [3.8, 4) is 0 Å². The van der Waals surface area contributed by atoms with Crippen LogP contribution < -0.4 is 5.19 Å². The first kappa shape index (κ1) is 20.7. The Bertz CT molecular complexity index is 665. The fourth-order valence-corrected chi connectivity index (χ4v) is 6.22. The molecule has 140 valence electrons. The van der Waals surface area contributed by atoms with Crippen molar-refractivity contribution in [1.29, 1.82) is 0 Å². The fraction of sp³-hybridized carbons (Fsp3) is 0.417. The molecule has 0 atom stereocenters. The molecule has 0 fully saturated rings. The zero-order valence-electron chi connectivity index (χ0n) is 17.1. The highest BCUT2D eigenvalue weighted by Crippen LogP contribution is 2.21. The van der Waals surface area contributed by atoms with Crippen molar-refractivity contribution in [2.75, 3.05) is 13.1 Å². The van der Waals surface area contributed by atoms with E-state index in [1.807, 2.05) is 0 Å². The van der Waals surface area contributed by atoms with Gasteiger partial charge in [0.1, 0.15) is 0 Å². The van der Waals surface area contributed by atoms with Gasteiger partial charge in [-0.2, -0.15) is 0 Å². The molecule has 0 spiro atoms. The van der Waals surface area contributed by atoms with E-state index in [4.69, 9.17) is 0 Å². The van der Waals surface area contributed by atoms with Crippen LogP contribution in [0.4, 0.5) is 0 Å². The summed E-state index contributed by atoms with van der Waals surface area (Å²) in [6.45, 7) is 16.3. The number of nitrogens with zero attached hydrogens (tertiary/aromatic N) is 1. The van der Waals surface area contributed by atoms with Gasteiger partial charge in [-0.15, -0.1) is 0 Å². The minimum atomic E-state index is -1.62. The monoisotopic (exact) mass is 365 g/mol. The zero-order chi connectivity index (χ0) is 19.0. The molecular formula is C24H35NSi. The van der Waals surface area contributed by atoms with Crippen LogP contribution in [0.1, 0.15) is 50.7 Å². The molecule has 0 unspecified atom stereocenters. The molecule has 2 aromatic rings. The number of unbranched alkanes of at least 4 members (excludes halogenated alkanes) is 2. The van der Waals surface area contributed by atoms with Gasteiger partial charge < -0.3 is 4.57 Å². The number of hydrogen-bond acceptors (Lipinski definition) is 1. The Hall–Kier alpha value is -1.64. The second-order valence-corrected chi connectivity index (χ2v) is 12.0. The van der Waals surface area contributed by atoms with E-state index in [2.05, 4.69) is 92.7 Å². The molecule has 0 aliphatic heterocycles. The lowest BCUT2D eigenvalue weighted by molar-refractivity contribution is 0.405. The molecule has 0 amide bonds. The van der Waals surface area contributed by atoms with E-state index in [0.717, 1.165) is 5.57 Å². The summed E-state index contributed by atoms with van der Waals surface area (Å²) in [7, 11) is -1.62. The summed E-state index contributed by atoms with van der Waals surface area (Å²) in [5.41, 5.74) is 3.52. The van der Waals surface area contributed by atoms with Gasteiger partial charge >= 0.3 is 0 Å². The number of benzene rings is 2. The molecule has 0 N–H and O–H groups in total. The Morgan fingerprint density at radius 1 is 0.808 bits per heavy atom. The van der Waals surface area contributed by atoms with Crippen LogP contribution in [0.5, 0.6) is 0 Å². The number of rotatable bonds is 10. The van der Waals surface area contributed by atoms with Crippen molar-refractivity contribution >= 4 is 19.0 Å². The molecule has 0 radical (unpaired) electrons. The average Bonchev–Trinajstić information content (AvgIpc) is 2.68. The number of hydrogen-bond donors (Lipinski definition) is 0. The Kier molecular flexibility index (Phi) is 7.86. The molecule has 2 rings (SSSR count). The SMILES string of the molecule is C=C(c1ccccc1)c1ccc([Si](C)(C)N(CCCC)CCCC)cc1. The summed E-state index contributed by atoms with van der Waals surface area (Å²) in [5.74, 6) is 0. The summed E-state index contributed by atoms with van der Waals surface area (Å²) >= 11 is 0. The van der Waals surface area contributed by atoms with Crippen LogP contribution in [0.3, 0.4) is 0 Å². The first-order chi connectivity index (χ1) is 12.5. The van der Waals surface area contributed by atoms with Gasteiger partial charge in [-0.1, -0.05) is 101 Å². The molecule has 0 aliphatic carbocycles. The Morgan fingerprint density at radius 2 is 1.31 bits per heavy atom. The van der Waals surface area contributed by atoms with Crippen molar-refractivity contribution in [2.24, 2.45) is 0 Å². The molecule has 2 aromatic carbocycles. The molecule has 0 aliphatic rings. The van der Waals surface area contributed by atoms with E-state index < -0.39 is 8.24 Å². The molecule has 1 nitrogen and oxygen atoms in total. The molecule has 2 heteroatoms. The van der Waals surface area contributed by atoms with E-state index >= 15 is 0 Å². The molecular weight excluding hydrogens is 330 g/mol. The van der Waals surface area contributed by atoms with E-state index in [1.165, 1.54) is 55.1 Å². The molecule has 0 heterocycles. The minimum absolute atomic E-state index is 1.10. The van der Waals surface area contributed by atoms with Crippen LogP contribution in [-0.4, -0.2) is 25.9 Å². The van der Waals surface area contributed by atoms with Gasteiger partial charge in [-0.05, 0) is 47.8 Å². The van der Waals surface area contributed by atoms with Crippen molar-refractivity contribution in [3.63, 3.8) is 0 Å². The summed E-state index contributed by atoms with van der Waals surface area (Å²) in [4.78, 5) is 0. The third-order valence-corrected chi connectivity index (χ3v) is 9.19. The third kappa shape index (κ3) is 5.18. The Labute approximate surface area is 161 Å². The van der Waals surface area contributed by atoms with Crippen LogP contribution in [0.25, 0.3) is 5.57 Å². The minimum Gasteiger partial charge on any atom is -0.320 e. The standard InChI is InChI=1S/C24H35NSi/c1-6-8-19-25(20-9-7-2)26(4,5)24-17-15-23(16-18-24)21(3)22-13-11-10-12-14-22/h10-18H,3,6-9,19-20H2,1-2,4-5H3. The normalized spacial score (nSPS) is 11.7. The third-order valence-electron chi connectivity index (χ3n) is 5.42. The largest absolute Gasteiger partial charge is 0.320 e. The highest BCUT2D eigenvalue weighted by molar-refractivity contribution is 6.87. The molecule has 0 aromatic heterocycles. The smallest absolute Gasteiger partial charge is 0.154 e. The molecule has 0 saturated heterocycles. The van der Waals surface area contributed by atoms with Crippen LogP contribution in [0.2, 0.25) is 13.1 Å². The van der Waals surface area contributed by atoms with E-state index in [-0.39, 0.29) is 0 Å². The van der Waals surface area contributed by atoms with Crippen molar-refractivity contribution < 1.29 is 0 Å². The summed E-state index contributed by atoms with van der Waals surface area (Å²) in [6.07, 6.45) is 5.12. The first-order valence-electron chi connectivity index (χ1n) is 10.1. The molecule has 26 heavy (non-hydrogen) atoms. The second kappa shape index (κ2) is 9.89. The maximum Gasteiger partial charge on any atom is 0.154 e. The Balaban J connectivity index is 2.19. The van der Waals surface area contributed by atoms with Gasteiger partial charge in [0.2, 0.25) is 0 Å². The van der Waals surface area contributed by atoms with Gasteiger partial charge in [0.15, 0.2) is 8.24 Å². The Morgan fingerprint density at radius 3 is 1.81 bits per heavy atom. The maximum absolute atomic E-state index is 4.30. The van der Waals surface area contributed by atoms with Crippen LogP contribution >= 0.6 is 0 Å². The van der Waals surface area contributed by atoms with Crippen molar-refractivity contribution in [3.05, 3.63) is 72.3 Å². The highest BCUT2D eigenvalue weighted by Gasteiger charge is 2.30. The van der Waals surface area contributed by atoms with Gasteiger partial charge in [0.25, 0.3) is 0 Å². The lowest BCUT2D eigenvalue weighted by atomic mass is 10.00. The van der Waals surface area contributed by atoms with Gasteiger partial charge in [0.05, 0.1) is 0 Å². The van der Waals surface area contributed by atoms with Gasteiger partial charge in [-0.25, -0.2) is 0 Å². The van der Waals surface area contributed by atoms with E-state index in [1.54, 1.807) is 0 Å². The van der Waals surface area contributed by atoms with Crippen LogP contribution in [0, 0.1) is 0 Å². The summed E-state index contributed by atoms with van der Waals surface area (Å²) in [5, 5.41) is 1.52. The lowest BCUT2D eigenvalue weighted by Gasteiger charge is -2.37. The van der Waals surface area contributed by atoms with Crippen molar-refractivity contribution in [1.82, 2.24) is 4.57 Å². The quantitative estimate of drug-likeness (QED) is 0.462. The molecule has 0 bridgehead atoms. The van der Waals surface area contributed by atoms with Gasteiger partial charge in [-0.3, -0.25) is 0 Å². The lowest BCUT2D eigenvalue weighted by Crippen LogP contribution is -2.58. The predicted molar refractivity (Wildman–Crippen MR) is 120 cm³/mol. The van der Waals surface area contributed by atoms with Crippen LogP contribution in [0.15, 0.2) is 61.2 Å². The summed E-state index contributed by atoms with van der Waals surface area (Å²) < 4.78 is 2.79. The van der Waals surface area contributed by atoms with E-state index in [0.29, 0.717) is 0 Å². The fourth-order valence-electron chi connectivity index (χ4n) is 3.44.